The highest BCUT2D eigenvalue weighted by Crippen LogP contribution is 2.40. The molecule has 3 aliphatic heterocycles. The Balaban J connectivity index is 1.30. The first kappa shape index (κ1) is 23.8. The summed E-state index contributed by atoms with van der Waals surface area (Å²) in [5, 5.41) is 2.34. The largest absolute Gasteiger partial charge is 0.453 e. The second-order valence-electron chi connectivity index (χ2n) is 9.67. The van der Waals surface area contributed by atoms with Gasteiger partial charge in [0.05, 0.1) is 26.1 Å². The molecule has 2 bridgehead atoms. The first-order valence-corrected chi connectivity index (χ1v) is 12.8. The summed E-state index contributed by atoms with van der Waals surface area (Å²) in [6.07, 6.45) is 2.91. The van der Waals surface area contributed by atoms with E-state index in [1.807, 2.05) is 5.38 Å². The molecule has 0 aliphatic carbocycles. The van der Waals surface area contributed by atoms with Crippen LogP contribution in [-0.2, 0) is 9.53 Å². The van der Waals surface area contributed by atoms with Gasteiger partial charge >= 0.3 is 5.97 Å². The summed E-state index contributed by atoms with van der Waals surface area (Å²) in [6, 6.07) is 11.7. The summed E-state index contributed by atoms with van der Waals surface area (Å²) >= 11 is 1.36. The molecule has 1 aromatic heterocycles. The van der Waals surface area contributed by atoms with E-state index in [1.165, 1.54) is 35.6 Å². The van der Waals surface area contributed by atoms with Gasteiger partial charge in [0, 0.05) is 30.3 Å². The molecule has 0 spiro atoms. The van der Waals surface area contributed by atoms with Crippen molar-refractivity contribution < 1.29 is 27.6 Å². The van der Waals surface area contributed by atoms with Gasteiger partial charge in [0.2, 0.25) is 5.78 Å². The van der Waals surface area contributed by atoms with Gasteiger partial charge < -0.3 is 9.22 Å². The lowest BCUT2D eigenvalue weighted by atomic mass is 9.75. The standard InChI is InChI=1S/C27H27F2N2O3S/c28-22-5-1-3-19(13-22)26(20-4-2-6-23(29)14-20)34-25(33)15-21-16-31(10-7-18(21)8-11-31)17-24(32)27-30-9-12-35-27/h1-6,9,12-14,18,21,26H,7-8,10-11,15-17H2/q+1/t18?,21-,31?/m0/s1. The van der Waals surface area contributed by atoms with Crippen molar-refractivity contribution in [2.24, 2.45) is 11.8 Å². The van der Waals surface area contributed by atoms with E-state index < -0.39 is 23.7 Å². The number of aromatic nitrogens is 1. The van der Waals surface area contributed by atoms with Crippen molar-refractivity contribution in [1.82, 2.24) is 4.98 Å². The zero-order valence-corrected chi connectivity index (χ0v) is 20.1. The highest BCUT2D eigenvalue weighted by atomic mass is 32.1. The third-order valence-corrected chi connectivity index (χ3v) is 8.18. The summed E-state index contributed by atoms with van der Waals surface area (Å²) in [5.41, 5.74) is 0.908. The number of piperidine rings is 3. The second-order valence-corrected chi connectivity index (χ2v) is 10.6. The number of Topliss-reactive ketones (excluding diaryl/α,β-unsaturated/α-hetero) is 1. The van der Waals surface area contributed by atoms with Gasteiger partial charge in [-0.15, -0.1) is 11.3 Å². The van der Waals surface area contributed by atoms with E-state index in [-0.39, 0.29) is 18.1 Å². The first-order valence-electron chi connectivity index (χ1n) is 11.9. The van der Waals surface area contributed by atoms with Crippen LogP contribution in [0.3, 0.4) is 0 Å². The Morgan fingerprint density at radius 2 is 1.71 bits per heavy atom. The molecule has 0 saturated carbocycles. The van der Waals surface area contributed by atoms with Crippen LogP contribution in [0.4, 0.5) is 8.78 Å². The minimum atomic E-state index is -0.899. The maximum atomic E-state index is 13.9. The van der Waals surface area contributed by atoms with E-state index in [1.54, 1.807) is 30.5 Å². The maximum absolute atomic E-state index is 13.9. The van der Waals surface area contributed by atoms with Gasteiger partial charge in [-0.3, -0.25) is 9.59 Å². The van der Waals surface area contributed by atoms with Gasteiger partial charge in [0.25, 0.3) is 0 Å². The Bertz CT molecular complexity index is 1160. The molecule has 4 heterocycles. The van der Waals surface area contributed by atoms with Crippen LogP contribution in [0.2, 0.25) is 0 Å². The van der Waals surface area contributed by atoms with Crippen molar-refractivity contribution in [3.8, 4) is 0 Å². The molecule has 8 heteroatoms. The molecule has 2 aromatic carbocycles. The predicted octanol–water partition coefficient (Wildman–Crippen LogP) is 5.18. The fraction of sp³-hybridized carbons (Fsp3) is 0.370. The van der Waals surface area contributed by atoms with Crippen molar-refractivity contribution in [2.75, 3.05) is 26.2 Å². The third-order valence-electron chi connectivity index (χ3n) is 7.37. The van der Waals surface area contributed by atoms with E-state index in [0.717, 1.165) is 32.5 Å². The van der Waals surface area contributed by atoms with Gasteiger partial charge in [-0.05, 0) is 41.3 Å². The average molecular weight is 498 g/mol. The van der Waals surface area contributed by atoms with Crippen LogP contribution in [0.15, 0.2) is 60.1 Å². The summed E-state index contributed by atoms with van der Waals surface area (Å²) < 4.78 is 34.4. The lowest BCUT2D eigenvalue weighted by Crippen LogP contribution is -2.63. The van der Waals surface area contributed by atoms with E-state index in [9.17, 15) is 18.4 Å². The number of rotatable bonds is 8. The van der Waals surface area contributed by atoms with Crippen molar-refractivity contribution in [3.05, 3.63) is 87.9 Å². The molecular formula is C27H27F2N2O3S+. The van der Waals surface area contributed by atoms with E-state index in [4.69, 9.17) is 4.74 Å². The summed E-state index contributed by atoms with van der Waals surface area (Å²) in [6.45, 7) is 3.02. The normalized spacial score (nSPS) is 23.4. The number of esters is 1. The highest BCUT2D eigenvalue weighted by molar-refractivity contribution is 7.11. The summed E-state index contributed by atoms with van der Waals surface area (Å²) in [7, 11) is 0. The predicted molar refractivity (Wildman–Crippen MR) is 128 cm³/mol. The van der Waals surface area contributed by atoms with Gasteiger partial charge in [-0.2, -0.15) is 0 Å². The molecule has 0 radical (unpaired) electrons. The Labute approximate surface area is 207 Å². The third kappa shape index (κ3) is 5.33. The number of hydrogen-bond acceptors (Lipinski definition) is 5. The maximum Gasteiger partial charge on any atom is 0.307 e. The Morgan fingerprint density at radius 1 is 1.06 bits per heavy atom. The number of carbonyl (C=O) groups excluding carboxylic acids is 2. The van der Waals surface area contributed by atoms with Crippen molar-refractivity contribution >= 4 is 23.1 Å². The van der Waals surface area contributed by atoms with Crippen LogP contribution in [0.5, 0.6) is 0 Å². The molecule has 0 N–H and O–H groups in total. The molecule has 1 atom stereocenters. The Morgan fingerprint density at radius 3 is 2.29 bits per heavy atom. The molecule has 35 heavy (non-hydrogen) atoms. The molecule has 3 aromatic rings. The Kier molecular flexibility index (Phi) is 6.75. The van der Waals surface area contributed by atoms with Crippen molar-refractivity contribution in [2.45, 2.75) is 25.4 Å². The van der Waals surface area contributed by atoms with Gasteiger partial charge in [-0.25, -0.2) is 13.8 Å². The van der Waals surface area contributed by atoms with Gasteiger partial charge in [0.15, 0.2) is 11.1 Å². The molecule has 3 aliphatic rings. The van der Waals surface area contributed by atoms with E-state index in [0.29, 0.717) is 33.1 Å². The number of quaternary nitrogens is 1. The molecular weight excluding hydrogens is 470 g/mol. The first-order chi connectivity index (χ1) is 16.9. The number of benzene rings is 2. The van der Waals surface area contributed by atoms with Gasteiger partial charge in [-0.1, -0.05) is 24.3 Å². The zero-order chi connectivity index (χ0) is 24.4. The lowest BCUT2D eigenvalue weighted by Gasteiger charge is -2.52. The lowest BCUT2D eigenvalue weighted by molar-refractivity contribution is -0.939. The zero-order valence-electron chi connectivity index (χ0n) is 19.2. The minimum absolute atomic E-state index is 0.0546. The number of thiazole rings is 1. The highest BCUT2D eigenvalue weighted by Gasteiger charge is 2.47. The fourth-order valence-corrected chi connectivity index (χ4v) is 6.25. The number of ether oxygens (including phenoxy) is 1. The van der Waals surface area contributed by atoms with Gasteiger partial charge in [0.1, 0.15) is 18.2 Å². The molecule has 5 nitrogen and oxygen atoms in total. The molecule has 3 fully saturated rings. The molecule has 0 unspecified atom stereocenters. The number of hydrogen-bond donors (Lipinski definition) is 0. The van der Waals surface area contributed by atoms with Crippen LogP contribution in [0, 0.1) is 23.5 Å². The number of fused-ring (bicyclic) bond motifs is 3. The van der Waals surface area contributed by atoms with Crippen molar-refractivity contribution in [3.63, 3.8) is 0 Å². The number of nitrogens with zero attached hydrogens (tertiary/aromatic N) is 2. The molecule has 182 valence electrons. The number of halogens is 2. The summed E-state index contributed by atoms with van der Waals surface area (Å²) in [4.78, 5) is 30.1. The fourth-order valence-electron chi connectivity index (χ4n) is 5.68. The van der Waals surface area contributed by atoms with Crippen LogP contribution < -0.4 is 0 Å². The van der Waals surface area contributed by atoms with E-state index >= 15 is 0 Å². The molecule has 6 rings (SSSR count). The smallest absolute Gasteiger partial charge is 0.307 e. The number of ketones is 1. The minimum Gasteiger partial charge on any atom is -0.453 e. The monoisotopic (exact) mass is 497 g/mol. The summed E-state index contributed by atoms with van der Waals surface area (Å²) in [5.74, 6) is -0.720. The number of carbonyl (C=O) groups is 2. The molecule has 0 amide bonds. The van der Waals surface area contributed by atoms with Crippen LogP contribution in [0.1, 0.15) is 46.3 Å². The quantitative estimate of drug-likeness (QED) is 0.244. The average Bonchev–Trinajstić information content (AvgIpc) is 3.38. The second kappa shape index (κ2) is 9.95. The topological polar surface area (TPSA) is 56.3 Å². The van der Waals surface area contributed by atoms with Crippen LogP contribution >= 0.6 is 11.3 Å². The van der Waals surface area contributed by atoms with Crippen molar-refractivity contribution in [1.29, 1.82) is 0 Å². The van der Waals surface area contributed by atoms with E-state index in [2.05, 4.69) is 4.98 Å². The van der Waals surface area contributed by atoms with Crippen LogP contribution in [0.25, 0.3) is 0 Å². The SMILES string of the molecule is O=C(C[C@H]1C[N+]2(CC(=O)c3nccs3)CCC1CC2)OC(c1cccc(F)c1)c1cccc(F)c1. The molecule has 3 saturated heterocycles. The van der Waals surface area contributed by atoms with Crippen LogP contribution in [-0.4, -0.2) is 47.4 Å². The Hall–Kier alpha value is -2.97.